The zero-order chi connectivity index (χ0) is 12.3. The Morgan fingerprint density at radius 2 is 2.00 bits per heavy atom. The Balaban J connectivity index is 2.47. The van der Waals surface area contributed by atoms with Crippen molar-refractivity contribution in [2.24, 2.45) is 0 Å². The number of rotatable bonds is 3. The van der Waals surface area contributed by atoms with Gasteiger partial charge in [0, 0.05) is 11.8 Å². The molecular formula is C13H15N3O. The van der Waals surface area contributed by atoms with Crippen molar-refractivity contribution in [2.75, 3.05) is 0 Å². The maximum absolute atomic E-state index is 10.2. The third kappa shape index (κ3) is 2.79. The maximum Gasteiger partial charge on any atom is 0.138 e. The number of aliphatic hydroxyl groups is 1. The van der Waals surface area contributed by atoms with E-state index in [1.54, 1.807) is 31.1 Å². The average Bonchev–Trinajstić information content (AvgIpc) is 2.78. The average molecular weight is 229 g/mol. The number of hydrogen-bond donors (Lipinski definition) is 1. The summed E-state index contributed by atoms with van der Waals surface area (Å²) in [5.74, 6) is 0. The topological polar surface area (TPSA) is 50.9 Å². The van der Waals surface area contributed by atoms with E-state index in [2.05, 4.69) is 10.1 Å². The van der Waals surface area contributed by atoms with Gasteiger partial charge in [-0.2, -0.15) is 5.10 Å². The van der Waals surface area contributed by atoms with Gasteiger partial charge in [-0.25, -0.2) is 9.67 Å². The van der Waals surface area contributed by atoms with Crippen molar-refractivity contribution >= 4 is 11.8 Å². The molecule has 2 aromatic rings. The Bertz CT molecular complexity index is 495. The van der Waals surface area contributed by atoms with Crippen molar-refractivity contribution in [2.45, 2.75) is 19.4 Å². The Kier molecular flexibility index (Phi) is 3.06. The Hall–Kier alpha value is -1.94. The van der Waals surface area contributed by atoms with Gasteiger partial charge in [0.1, 0.15) is 12.7 Å². The van der Waals surface area contributed by atoms with E-state index < -0.39 is 5.60 Å². The van der Waals surface area contributed by atoms with Gasteiger partial charge in [-0.05, 0) is 19.4 Å². The van der Waals surface area contributed by atoms with Crippen LogP contribution in [0.4, 0.5) is 0 Å². The van der Waals surface area contributed by atoms with Gasteiger partial charge in [0.05, 0.1) is 5.60 Å². The van der Waals surface area contributed by atoms with Crippen LogP contribution in [-0.2, 0) is 0 Å². The zero-order valence-electron chi connectivity index (χ0n) is 9.91. The largest absolute Gasteiger partial charge is 0.386 e. The third-order valence-corrected chi connectivity index (χ3v) is 2.44. The second-order valence-corrected chi connectivity index (χ2v) is 4.34. The first-order valence-corrected chi connectivity index (χ1v) is 5.41. The van der Waals surface area contributed by atoms with Crippen LogP contribution in [-0.4, -0.2) is 25.5 Å². The summed E-state index contributed by atoms with van der Waals surface area (Å²) in [5, 5.41) is 14.2. The summed E-state index contributed by atoms with van der Waals surface area (Å²) in [5.41, 5.74) is 0.826. The van der Waals surface area contributed by atoms with E-state index in [-0.39, 0.29) is 0 Å². The molecule has 4 heteroatoms. The molecule has 0 amide bonds. The lowest BCUT2D eigenvalue weighted by atomic mass is 9.92. The van der Waals surface area contributed by atoms with Crippen LogP contribution in [0.1, 0.15) is 19.4 Å². The molecule has 4 nitrogen and oxygen atoms in total. The second-order valence-electron chi connectivity index (χ2n) is 4.34. The molecule has 0 aliphatic rings. The second kappa shape index (κ2) is 4.51. The highest BCUT2D eigenvalue weighted by atomic mass is 16.3. The molecule has 88 valence electrons. The summed E-state index contributed by atoms with van der Waals surface area (Å²) in [6.45, 7) is 3.51. The number of benzene rings is 1. The molecule has 0 aliphatic carbocycles. The van der Waals surface area contributed by atoms with Gasteiger partial charge in [-0.3, -0.25) is 0 Å². The van der Waals surface area contributed by atoms with Gasteiger partial charge < -0.3 is 5.11 Å². The summed E-state index contributed by atoms with van der Waals surface area (Å²) in [7, 11) is 0. The van der Waals surface area contributed by atoms with Gasteiger partial charge in [0.25, 0.3) is 0 Å². The lowest BCUT2D eigenvalue weighted by molar-refractivity contribution is 0.144. The highest BCUT2D eigenvalue weighted by Crippen LogP contribution is 2.27. The van der Waals surface area contributed by atoms with Crippen molar-refractivity contribution < 1.29 is 5.11 Å². The molecule has 0 radical (unpaired) electrons. The van der Waals surface area contributed by atoms with Crippen LogP contribution >= 0.6 is 0 Å². The third-order valence-electron chi connectivity index (χ3n) is 2.44. The molecular weight excluding hydrogens is 214 g/mol. The molecule has 1 N–H and O–H groups in total. The van der Waals surface area contributed by atoms with Crippen LogP contribution in [0.15, 0.2) is 43.0 Å². The number of aromatic nitrogens is 3. The minimum atomic E-state index is -0.937. The van der Waals surface area contributed by atoms with Crippen molar-refractivity contribution in [3.63, 3.8) is 0 Å². The van der Waals surface area contributed by atoms with Gasteiger partial charge in [0.2, 0.25) is 0 Å². The molecule has 1 aromatic carbocycles. The van der Waals surface area contributed by atoms with Crippen LogP contribution < -0.4 is 0 Å². The molecule has 1 aromatic heterocycles. The minimum absolute atomic E-state index is 0.795. The van der Waals surface area contributed by atoms with Crippen molar-refractivity contribution in [3.8, 4) is 0 Å². The van der Waals surface area contributed by atoms with E-state index in [1.165, 1.54) is 6.33 Å². The molecule has 0 aliphatic heterocycles. The van der Waals surface area contributed by atoms with E-state index in [0.29, 0.717) is 0 Å². The van der Waals surface area contributed by atoms with Crippen molar-refractivity contribution in [1.29, 1.82) is 0 Å². The predicted molar refractivity (Wildman–Crippen MR) is 66.9 cm³/mol. The summed E-state index contributed by atoms with van der Waals surface area (Å²) >= 11 is 0. The first kappa shape index (κ1) is 11.5. The Labute approximate surface area is 100 Å². The van der Waals surface area contributed by atoms with Gasteiger partial charge in [-0.1, -0.05) is 30.3 Å². The van der Waals surface area contributed by atoms with Gasteiger partial charge in [0.15, 0.2) is 0 Å². The van der Waals surface area contributed by atoms with E-state index in [4.69, 9.17) is 0 Å². The van der Waals surface area contributed by atoms with Crippen LogP contribution in [0.3, 0.4) is 0 Å². The smallest absolute Gasteiger partial charge is 0.138 e. The lowest BCUT2D eigenvalue weighted by Crippen LogP contribution is -2.21. The molecule has 0 unspecified atom stereocenters. The number of nitrogens with zero attached hydrogens (tertiary/aromatic N) is 3. The predicted octanol–water partition coefficient (Wildman–Crippen LogP) is 2.05. The van der Waals surface area contributed by atoms with Crippen LogP contribution in [0.2, 0.25) is 0 Å². The molecule has 0 atom stereocenters. The highest BCUT2D eigenvalue weighted by molar-refractivity contribution is 5.79. The Morgan fingerprint density at radius 1 is 1.29 bits per heavy atom. The van der Waals surface area contributed by atoms with Crippen LogP contribution in [0.25, 0.3) is 11.8 Å². The molecule has 0 saturated carbocycles. The van der Waals surface area contributed by atoms with E-state index >= 15 is 0 Å². The Morgan fingerprint density at radius 3 is 2.53 bits per heavy atom. The molecule has 0 saturated heterocycles. The lowest BCUT2D eigenvalue weighted by Gasteiger charge is -2.22. The van der Waals surface area contributed by atoms with Crippen molar-refractivity contribution in [3.05, 3.63) is 48.5 Å². The number of hydrogen-bond acceptors (Lipinski definition) is 3. The monoisotopic (exact) mass is 229 g/mol. The first-order chi connectivity index (χ1) is 8.07. The van der Waals surface area contributed by atoms with E-state index in [1.807, 2.05) is 30.3 Å². The fraction of sp³-hybridized carbons (Fsp3) is 0.231. The van der Waals surface area contributed by atoms with Crippen molar-refractivity contribution in [1.82, 2.24) is 14.8 Å². The van der Waals surface area contributed by atoms with E-state index in [9.17, 15) is 5.11 Å². The van der Waals surface area contributed by atoms with Crippen LogP contribution in [0, 0.1) is 0 Å². The maximum atomic E-state index is 10.2. The minimum Gasteiger partial charge on any atom is -0.386 e. The highest BCUT2D eigenvalue weighted by Gasteiger charge is 2.21. The molecule has 2 rings (SSSR count). The van der Waals surface area contributed by atoms with Gasteiger partial charge >= 0.3 is 0 Å². The van der Waals surface area contributed by atoms with E-state index in [0.717, 1.165) is 11.1 Å². The molecule has 17 heavy (non-hydrogen) atoms. The summed E-state index contributed by atoms with van der Waals surface area (Å²) in [4.78, 5) is 3.88. The summed E-state index contributed by atoms with van der Waals surface area (Å²) in [6.07, 6.45) is 4.83. The standard InChI is InChI=1S/C13H15N3O/c1-13(2,17)12(8-16-10-14-9-15-16)11-6-4-3-5-7-11/h3-10,17H,1-2H3. The van der Waals surface area contributed by atoms with Crippen LogP contribution in [0.5, 0.6) is 0 Å². The summed E-state index contributed by atoms with van der Waals surface area (Å²) < 4.78 is 1.58. The zero-order valence-corrected chi connectivity index (χ0v) is 9.91. The summed E-state index contributed by atoms with van der Waals surface area (Å²) in [6, 6.07) is 9.74. The molecule has 0 fully saturated rings. The quantitative estimate of drug-likeness (QED) is 0.876. The normalized spacial score (nSPS) is 12.8. The molecule has 0 spiro atoms. The molecule has 0 bridgehead atoms. The first-order valence-electron chi connectivity index (χ1n) is 5.41. The van der Waals surface area contributed by atoms with Gasteiger partial charge in [-0.15, -0.1) is 0 Å². The SMILES string of the molecule is CC(C)(O)C(=Cn1cncn1)c1ccccc1. The fourth-order valence-corrected chi connectivity index (χ4v) is 1.62. The molecule has 1 heterocycles. The fourth-order valence-electron chi connectivity index (χ4n) is 1.62.